The van der Waals surface area contributed by atoms with Crippen LogP contribution in [0.3, 0.4) is 0 Å². The van der Waals surface area contributed by atoms with Crippen LogP contribution in [0.4, 0.5) is 0 Å². The predicted octanol–water partition coefficient (Wildman–Crippen LogP) is 1.46. The van der Waals surface area contributed by atoms with Crippen molar-refractivity contribution in [3.8, 4) is 0 Å². The van der Waals surface area contributed by atoms with Crippen molar-refractivity contribution in [2.24, 2.45) is 18.9 Å². The molecule has 0 amide bonds. The van der Waals surface area contributed by atoms with E-state index in [-0.39, 0.29) is 0 Å². The van der Waals surface area contributed by atoms with Crippen molar-refractivity contribution in [3.63, 3.8) is 0 Å². The van der Waals surface area contributed by atoms with Gasteiger partial charge in [-0.05, 0) is 38.5 Å². The highest BCUT2D eigenvalue weighted by atomic mass is 32.2. The molecule has 1 aromatic heterocycles. The van der Waals surface area contributed by atoms with Gasteiger partial charge in [0.2, 0.25) is 10.0 Å². The minimum Gasteiger partial charge on any atom is -0.271 e. The zero-order valence-corrected chi connectivity index (χ0v) is 12.6. The molecule has 106 valence electrons. The number of aromatic nitrogens is 2. The minimum atomic E-state index is -3.37. The van der Waals surface area contributed by atoms with Gasteiger partial charge in [-0.2, -0.15) is 9.40 Å². The highest BCUT2D eigenvalue weighted by Crippen LogP contribution is 2.40. The lowest BCUT2D eigenvalue weighted by molar-refractivity contribution is 0.444. The zero-order chi connectivity index (χ0) is 13.8. The number of hydrogen-bond acceptors (Lipinski definition) is 3. The van der Waals surface area contributed by atoms with Crippen LogP contribution < -0.4 is 0 Å². The fraction of sp³-hybridized carbons (Fsp3) is 0.769. The first-order valence-electron chi connectivity index (χ1n) is 6.91. The van der Waals surface area contributed by atoms with E-state index >= 15 is 0 Å². The Kier molecular flexibility index (Phi) is 2.98. The number of nitrogens with zero attached hydrogens (tertiary/aromatic N) is 3. The molecule has 2 atom stereocenters. The van der Waals surface area contributed by atoms with E-state index in [1.807, 2.05) is 6.92 Å². The van der Waals surface area contributed by atoms with Crippen LogP contribution in [0.15, 0.2) is 4.90 Å². The van der Waals surface area contributed by atoms with E-state index in [1.54, 1.807) is 23.0 Å². The Morgan fingerprint density at radius 3 is 2.21 bits per heavy atom. The summed E-state index contributed by atoms with van der Waals surface area (Å²) in [6.45, 7) is 4.99. The van der Waals surface area contributed by atoms with Gasteiger partial charge in [0.25, 0.3) is 0 Å². The summed E-state index contributed by atoms with van der Waals surface area (Å²) in [5.74, 6) is 1.15. The van der Waals surface area contributed by atoms with Gasteiger partial charge in [-0.15, -0.1) is 0 Å². The number of hydrogen-bond donors (Lipinski definition) is 0. The third kappa shape index (κ3) is 1.92. The number of rotatable bonds is 2. The molecule has 2 heterocycles. The van der Waals surface area contributed by atoms with Gasteiger partial charge in [0, 0.05) is 20.1 Å². The second-order valence-corrected chi connectivity index (χ2v) is 7.77. The van der Waals surface area contributed by atoms with Gasteiger partial charge in [-0.3, -0.25) is 4.68 Å². The molecule has 19 heavy (non-hydrogen) atoms. The standard InChI is InChI=1S/C13H21N3O2S/c1-9-13(10(2)15(3)14-9)19(17,18)16-7-11-5-4-6-12(11)8-16/h11-12H,4-8H2,1-3H3. The Morgan fingerprint density at radius 2 is 1.74 bits per heavy atom. The summed E-state index contributed by atoms with van der Waals surface area (Å²) in [7, 11) is -1.58. The molecule has 5 nitrogen and oxygen atoms in total. The van der Waals surface area contributed by atoms with Crippen LogP contribution in [-0.4, -0.2) is 35.6 Å². The van der Waals surface area contributed by atoms with Crippen LogP contribution in [0.2, 0.25) is 0 Å². The maximum Gasteiger partial charge on any atom is 0.246 e. The van der Waals surface area contributed by atoms with Crippen LogP contribution in [0.5, 0.6) is 0 Å². The summed E-state index contributed by atoms with van der Waals surface area (Å²) >= 11 is 0. The summed E-state index contributed by atoms with van der Waals surface area (Å²) in [6.07, 6.45) is 3.62. The zero-order valence-electron chi connectivity index (χ0n) is 11.8. The molecule has 1 saturated carbocycles. The van der Waals surface area contributed by atoms with Gasteiger partial charge in [0.05, 0.1) is 11.4 Å². The number of aryl methyl sites for hydroxylation is 2. The predicted molar refractivity (Wildman–Crippen MR) is 72.3 cm³/mol. The van der Waals surface area contributed by atoms with E-state index < -0.39 is 10.0 Å². The van der Waals surface area contributed by atoms with Gasteiger partial charge in [0.15, 0.2) is 0 Å². The fourth-order valence-corrected chi connectivity index (χ4v) is 5.60. The molecule has 0 radical (unpaired) electrons. The fourth-order valence-electron chi connectivity index (χ4n) is 3.64. The highest BCUT2D eigenvalue weighted by Gasteiger charge is 2.42. The highest BCUT2D eigenvalue weighted by molar-refractivity contribution is 7.89. The van der Waals surface area contributed by atoms with Crippen molar-refractivity contribution in [3.05, 3.63) is 11.4 Å². The van der Waals surface area contributed by atoms with Crippen molar-refractivity contribution < 1.29 is 8.42 Å². The van der Waals surface area contributed by atoms with Crippen LogP contribution in [-0.2, 0) is 17.1 Å². The van der Waals surface area contributed by atoms with Gasteiger partial charge in [-0.1, -0.05) is 6.42 Å². The molecule has 0 spiro atoms. The van der Waals surface area contributed by atoms with Crippen LogP contribution >= 0.6 is 0 Å². The smallest absolute Gasteiger partial charge is 0.246 e. The number of sulfonamides is 1. The molecule has 1 saturated heterocycles. The first-order valence-corrected chi connectivity index (χ1v) is 8.35. The van der Waals surface area contributed by atoms with Gasteiger partial charge >= 0.3 is 0 Å². The Balaban J connectivity index is 1.95. The van der Waals surface area contributed by atoms with Crippen molar-refractivity contribution in [2.75, 3.05) is 13.1 Å². The Morgan fingerprint density at radius 1 is 1.16 bits per heavy atom. The van der Waals surface area contributed by atoms with Gasteiger partial charge in [-0.25, -0.2) is 8.42 Å². The van der Waals surface area contributed by atoms with Crippen molar-refractivity contribution in [2.45, 2.75) is 38.0 Å². The minimum absolute atomic E-state index is 0.412. The van der Waals surface area contributed by atoms with Crippen LogP contribution in [0.25, 0.3) is 0 Å². The summed E-state index contributed by atoms with van der Waals surface area (Å²) in [4.78, 5) is 0.412. The average molecular weight is 283 g/mol. The molecule has 2 unspecified atom stereocenters. The molecule has 2 fully saturated rings. The van der Waals surface area contributed by atoms with E-state index in [2.05, 4.69) is 5.10 Å². The van der Waals surface area contributed by atoms with E-state index in [1.165, 1.54) is 19.3 Å². The molecule has 0 N–H and O–H groups in total. The lowest BCUT2D eigenvalue weighted by Crippen LogP contribution is -2.30. The monoisotopic (exact) mass is 283 g/mol. The Hall–Kier alpha value is -0.880. The van der Waals surface area contributed by atoms with Crippen molar-refractivity contribution in [1.82, 2.24) is 14.1 Å². The maximum atomic E-state index is 12.8. The quantitative estimate of drug-likeness (QED) is 0.825. The van der Waals surface area contributed by atoms with Crippen molar-refractivity contribution in [1.29, 1.82) is 0 Å². The lowest BCUT2D eigenvalue weighted by atomic mass is 10.0. The summed E-state index contributed by atoms with van der Waals surface area (Å²) in [5.41, 5.74) is 1.34. The topological polar surface area (TPSA) is 55.2 Å². The molecule has 1 aliphatic heterocycles. The normalized spacial score (nSPS) is 27.9. The molecular weight excluding hydrogens is 262 g/mol. The van der Waals surface area contributed by atoms with Crippen molar-refractivity contribution >= 4 is 10.0 Å². The third-order valence-electron chi connectivity index (χ3n) is 4.73. The Bertz CT molecular complexity index is 594. The second-order valence-electron chi connectivity index (χ2n) is 5.90. The summed E-state index contributed by atoms with van der Waals surface area (Å²) in [5, 5.41) is 4.23. The molecule has 1 aliphatic carbocycles. The second kappa shape index (κ2) is 4.31. The van der Waals surface area contributed by atoms with Gasteiger partial charge < -0.3 is 0 Å². The maximum absolute atomic E-state index is 12.8. The van der Waals surface area contributed by atoms with E-state index in [4.69, 9.17) is 0 Å². The molecule has 0 bridgehead atoms. The average Bonchev–Trinajstić information content (AvgIpc) is 2.92. The van der Waals surface area contributed by atoms with E-state index in [9.17, 15) is 8.42 Å². The lowest BCUT2D eigenvalue weighted by Gasteiger charge is -2.17. The first kappa shape index (κ1) is 13.1. The molecule has 0 aromatic carbocycles. The molecule has 1 aromatic rings. The first-order chi connectivity index (χ1) is 8.91. The van der Waals surface area contributed by atoms with E-state index in [0.717, 1.165) is 5.69 Å². The third-order valence-corrected chi connectivity index (χ3v) is 6.82. The summed E-state index contributed by atoms with van der Waals surface area (Å²) < 4.78 is 28.9. The molecule has 6 heteroatoms. The van der Waals surface area contributed by atoms with Crippen LogP contribution in [0.1, 0.15) is 30.7 Å². The summed E-state index contributed by atoms with van der Waals surface area (Å²) in [6, 6.07) is 0. The molecular formula is C13H21N3O2S. The number of fused-ring (bicyclic) bond motifs is 1. The van der Waals surface area contributed by atoms with E-state index in [0.29, 0.717) is 35.5 Å². The molecule has 3 rings (SSSR count). The SMILES string of the molecule is Cc1nn(C)c(C)c1S(=O)(=O)N1CC2CCCC2C1. The van der Waals surface area contributed by atoms with Gasteiger partial charge in [0.1, 0.15) is 4.90 Å². The molecule has 2 aliphatic rings. The van der Waals surface area contributed by atoms with Crippen LogP contribution in [0, 0.1) is 25.7 Å². The Labute approximate surface area is 114 Å². The largest absolute Gasteiger partial charge is 0.271 e.